The summed E-state index contributed by atoms with van der Waals surface area (Å²) < 4.78 is 5.71. The van der Waals surface area contributed by atoms with Gasteiger partial charge in [-0.2, -0.15) is 0 Å². The second-order valence-corrected chi connectivity index (χ2v) is 6.53. The summed E-state index contributed by atoms with van der Waals surface area (Å²) in [7, 11) is 0. The van der Waals surface area contributed by atoms with Crippen molar-refractivity contribution in [1.82, 2.24) is 5.32 Å². The molecule has 2 amide bonds. The predicted molar refractivity (Wildman–Crippen MR) is 108 cm³/mol. The summed E-state index contributed by atoms with van der Waals surface area (Å²) in [5.74, 6) is -0.355. The van der Waals surface area contributed by atoms with Crippen molar-refractivity contribution in [2.75, 3.05) is 0 Å². The maximum absolute atomic E-state index is 12.4. The van der Waals surface area contributed by atoms with E-state index in [9.17, 15) is 9.59 Å². The molecular weight excluding hydrogens is 376 g/mol. The zero-order valence-electron chi connectivity index (χ0n) is 15.0. The minimum atomic E-state index is -0.552. The van der Waals surface area contributed by atoms with Crippen molar-refractivity contribution >= 4 is 23.4 Å². The van der Waals surface area contributed by atoms with Crippen LogP contribution < -0.4 is 15.8 Å². The fourth-order valence-electron chi connectivity index (χ4n) is 2.68. The van der Waals surface area contributed by atoms with E-state index in [1.165, 1.54) is 0 Å². The quantitative estimate of drug-likeness (QED) is 0.636. The second-order valence-electron chi connectivity index (χ2n) is 6.12. The molecule has 0 fully saturated rings. The lowest BCUT2D eigenvalue weighted by atomic mass is 10.1. The summed E-state index contributed by atoms with van der Waals surface area (Å²) >= 11 is 6.11. The van der Waals surface area contributed by atoms with Gasteiger partial charge in [-0.3, -0.25) is 9.59 Å². The van der Waals surface area contributed by atoms with E-state index < -0.39 is 5.91 Å². The van der Waals surface area contributed by atoms with Crippen LogP contribution in [-0.2, 0) is 13.2 Å². The molecule has 0 saturated carbocycles. The Hall–Kier alpha value is -3.31. The molecule has 0 radical (unpaired) electrons. The van der Waals surface area contributed by atoms with Crippen LogP contribution in [0.4, 0.5) is 0 Å². The molecule has 142 valence electrons. The number of carbonyl (C=O) groups is 2. The third kappa shape index (κ3) is 4.90. The van der Waals surface area contributed by atoms with Gasteiger partial charge in [0, 0.05) is 17.1 Å². The van der Waals surface area contributed by atoms with Gasteiger partial charge in [0.1, 0.15) is 12.4 Å². The summed E-state index contributed by atoms with van der Waals surface area (Å²) in [5, 5.41) is 3.47. The van der Waals surface area contributed by atoms with Crippen molar-refractivity contribution in [1.29, 1.82) is 0 Å². The van der Waals surface area contributed by atoms with E-state index in [-0.39, 0.29) is 12.5 Å². The summed E-state index contributed by atoms with van der Waals surface area (Å²) in [4.78, 5) is 23.9. The normalized spacial score (nSPS) is 10.3. The van der Waals surface area contributed by atoms with Crippen LogP contribution in [0.25, 0.3) is 0 Å². The van der Waals surface area contributed by atoms with Gasteiger partial charge < -0.3 is 15.8 Å². The first kappa shape index (κ1) is 19.5. The highest BCUT2D eigenvalue weighted by molar-refractivity contribution is 6.31. The van der Waals surface area contributed by atoms with Crippen LogP contribution in [0, 0.1) is 0 Å². The van der Waals surface area contributed by atoms with E-state index in [1.54, 1.807) is 48.5 Å². The van der Waals surface area contributed by atoms with Gasteiger partial charge in [0.2, 0.25) is 0 Å². The standard InChI is InChI=1S/C22H19ClN2O3/c23-19-10-3-1-7-17(19)13-25-22(27)16-8-5-6-15(12-16)14-28-20-11-4-2-9-18(20)21(24)26/h1-12H,13-14H2,(H2,24,26)(H,25,27). The van der Waals surface area contributed by atoms with Crippen LogP contribution in [0.3, 0.4) is 0 Å². The number of benzene rings is 3. The molecule has 0 bridgehead atoms. The Morgan fingerprint density at radius 3 is 2.50 bits per heavy atom. The average Bonchev–Trinajstić information content (AvgIpc) is 2.72. The fraction of sp³-hybridized carbons (Fsp3) is 0.0909. The Morgan fingerprint density at radius 2 is 1.71 bits per heavy atom. The molecule has 3 aromatic carbocycles. The van der Waals surface area contributed by atoms with Gasteiger partial charge in [-0.1, -0.05) is 54.1 Å². The number of nitrogens with two attached hydrogens (primary N) is 1. The number of primary amides is 1. The number of hydrogen-bond acceptors (Lipinski definition) is 3. The van der Waals surface area contributed by atoms with Crippen LogP contribution in [0.2, 0.25) is 5.02 Å². The Morgan fingerprint density at radius 1 is 0.964 bits per heavy atom. The molecular formula is C22H19ClN2O3. The molecule has 3 rings (SSSR count). The highest BCUT2D eigenvalue weighted by Gasteiger charge is 2.10. The molecule has 0 spiro atoms. The van der Waals surface area contributed by atoms with Gasteiger partial charge >= 0.3 is 0 Å². The largest absolute Gasteiger partial charge is 0.488 e. The highest BCUT2D eigenvalue weighted by Crippen LogP contribution is 2.19. The lowest BCUT2D eigenvalue weighted by Gasteiger charge is -2.11. The van der Waals surface area contributed by atoms with E-state index in [4.69, 9.17) is 22.1 Å². The van der Waals surface area contributed by atoms with Crippen molar-refractivity contribution in [3.05, 3.63) is 100 Å². The molecule has 5 nitrogen and oxygen atoms in total. The number of halogens is 1. The molecule has 0 heterocycles. The fourth-order valence-corrected chi connectivity index (χ4v) is 2.88. The van der Waals surface area contributed by atoms with Crippen LogP contribution in [-0.4, -0.2) is 11.8 Å². The van der Waals surface area contributed by atoms with Crippen LogP contribution in [0.1, 0.15) is 31.8 Å². The van der Waals surface area contributed by atoms with Crippen molar-refractivity contribution in [2.24, 2.45) is 5.73 Å². The van der Waals surface area contributed by atoms with E-state index in [0.29, 0.717) is 28.4 Å². The van der Waals surface area contributed by atoms with Crippen molar-refractivity contribution in [2.45, 2.75) is 13.2 Å². The monoisotopic (exact) mass is 394 g/mol. The minimum absolute atomic E-state index is 0.204. The third-order valence-corrected chi connectivity index (χ3v) is 4.50. The van der Waals surface area contributed by atoms with Crippen LogP contribution in [0.15, 0.2) is 72.8 Å². The summed E-state index contributed by atoms with van der Waals surface area (Å²) in [6.07, 6.45) is 0. The molecule has 0 unspecified atom stereocenters. The lowest BCUT2D eigenvalue weighted by molar-refractivity contribution is 0.0949. The van der Waals surface area contributed by atoms with Crippen molar-refractivity contribution < 1.29 is 14.3 Å². The molecule has 0 aliphatic heterocycles. The molecule has 6 heteroatoms. The van der Waals surface area contributed by atoms with Gasteiger partial charge in [0.25, 0.3) is 11.8 Å². The molecule has 0 aromatic heterocycles. The first-order chi connectivity index (χ1) is 13.5. The number of ether oxygens (including phenoxy) is 1. The first-order valence-electron chi connectivity index (χ1n) is 8.67. The van der Waals surface area contributed by atoms with Crippen LogP contribution >= 0.6 is 11.6 Å². The zero-order chi connectivity index (χ0) is 19.9. The molecule has 28 heavy (non-hydrogen) atoms. The number of rotatable bonds is 7. The molecule has 3 N–H and O–H groups in total. The summed E-state index contributed by atoms with van der Waals surface area (Å²) in [5.41, 5.74) is 7.83. The van der Waals surface area contributed by atoms with Gasteiger partial charge in [-0.15, -0.1) is 0 Å². The number of para-hydroxylation sites is 1. The SMILES string of the molecule is NC(=O)c1ccccc1OCc1cccc(C(=O)NCc2ccccc2Cl)c1. The topological polar surface area (TPSA) is 81.4 Å². The number of carbonyl (C=O) groups excluding carboxylic acids is 2. The smallest absolute Gasteiger partial charge is 0.252 e. The van der Waals surface area contributed by atoms with Crippen molar-refractivity contribution in [3.8, 4) is 5.75 Å². The Kier molecular flexibility index (Phi) is 6.29. The molecule has 3 aromatic rings. The van der Waals surface area contributed by atoms with E-state index in [1.807, 2.05) is 24.3 Å². The molecule has 0 saturated heterocycles. The highest BCUT2D eigenvalue weighted by atomic mass is 35.5. The number of amides is 2. The second kappa shape index (κ2) is 9.06. The Balaban J connectivity index is 1.65. The van der Waals surface area contributed by atoms with Crippen molar-refractivity contribution in [3.63, 3.8) is 0 Å². The Labute approximate surface area is 168 Å². The maximum Gasteiger partial charge on any atom is 0.252 e. The predicted octanol–water partition coefficient (Wildman–Crippen LogP) is 3.95. The number of nitrogens with one attached hydrogen (secondary N) is 1. The zero-order valence-corrected chi connectivity index (χ0v) is 15.8. The Bertz CT molecular complexity index is 1000. The van der Waals surface area contributed by atoms with E-state index >= 15 is 0 Å². The van der Waals surface area contributed by atoms with Crippen LogP contribution in [0.5, 0.6) is 5.75 Å². The minimum Gasteiger partial charge on any atom is -0.488 e. The van der Waals surface area contributed by atoms with E-state index in [0.717, 1.165) is 11.1 Å². The van der Waals surface area contributed by atoms with Gasteiger partial charge in [0.05, 0.1) is 5.56 Å². The summed E-state index contributed by atoms with van der Waals surface area (Å²) in [6, 6.07) is 21.2. The summed E-state index contributed by atoms with van der Waals surface area (Å²) in [6.45, 7) is 0.543. The van der Waals surface area contributed by atoms with Gasteiger partial charge in [0.15, 0.2) is 0 Å². The lowest BCUT2D eigenvalue weighted by Crippen LogP contribution is -2.23. The molecule has 0 atom stereocenters. The third-order valence-electron chi connectivity index (χ3n) is 4.13. The molecule has 0 aliphatic carbocycles. The maximum atomic E-state index is 12.4. The average molecular weight is 395 g/mol. The number of hydrogen-bond donors (Lipinski definition) is 2. The van der Waals surface area contributed by atoms with Gasteiger partial charge in [-0.25, -0.2) is 0 Å². The van der Waals surface area contributed by atoms with Gasteiger partial charge in [-0.05, 0) is 41.5 Å². The van der Waals surface area contributed by atoms with E-state index in [2.05, 4.69) is 5.32 Å². The first-order valence-corrected chi connectivity index (χ1v) is 9.04. The molecule has 0 aliphatic rings.